The van der Waals surface area contributed by atoms with Gasteiger partial charge in [0.05, 0.1) is 0 Å². The summed E-state index contributed by atoms with van der Waals surface area (Å²) in [7, 11) is 0. The Kier molecular flexibility index (Phi) is 2.97. The van der Waals surface area contributed by atoms with Gasteiger partial charge in [0.15, 0.2) is 5.58 Å². The Bertz CT molecular complexity index is 1210. The number of hydrogen-bond acceptors (Lipinski definition) is 2. The van der Waals surface area contributed by atoms with E-state index in [9.17, 15) is 0 Å². The molecule has 1 heterocycles. The lowest BCUT2D eigenvalue weighted by molar-refractivity contribution is 0.623. The van der Waals surface area contributed by atoms with Crippen LogP contribution < -0.4 is 0 Å². The van der Waals surface area contributed by atoms with Gasteiger partial charge in [0.1, 0.15) is 5.52 Å². The number of benzene rings is 4. The summed E-state index contributed by atoms with van der Waals surface area (Å²) in [6.45, 7) is 0. The first-order chi connectivity index (χ1) is 11.8. The molecule has 0 unspecified atom stereocenters. The monoisotopic (exact) mass is 373 g/mol. The molecule has 5 aromatic rings. The van der Waals surface area contributed by atoms with Gasteiger partial charge in [-0.05, 0) is 35.0 Å². The van der Waals surface area contributed by atoms with E-state index < -0.39 is 0 Å². The summed E-state index contributed by atoms with van der Waals surface area (Å²) < 4.78 is 7.24. The number of rotatable bonds is 1. The van der Waals surface area contributed by atoms with E-state index in [0.29, 0.717) is 5.89 Å². The van der Waals surface area contributed by atoms with Crippen molar-refractivity contribution in [2.24, 2.45) is 0 Å². The molecule has 0 radical (unpaired) electrons. The first-order valence-corrected chi connectivity index (χ1v) is 8.56. The van der Waals surface area contributed by atoms with Crippen molar-refractivity contribution in [3.05, 3.63) is 77.3 Å². The molecule has 0 spiro atoms. The van der Waals surface area contributed by atoms with Gasteiger partial charge in [0.2, 0.25) is 5.89 Å². The second-order valence-electron chi connectivity index (χ2n) is 5.80. The lowest BCUT2D eigenvalue weighted by Crippen LogP contribution is -1.81. The zero-order valence-electron chi connectivity index (χ0n) is 12.7. The summed E-state index contributed by atoms with van der Waals surface area (Å²) in [5, 5.41) is 4.56. The van der Waals surface area contributed by atoms with Crippen molar-refractivity contribution >= 4 is 48.6 Å². The highest BCUT2D eigenvalue weighted by Crippen LogP contribution is 2.37. The van der Waals surface area contributed by atoms with Gasteiger partial charge in [0.25, 0.3) is 0 Å². The maximum Gasteiger partial charge on any atom is 0.227 e. The van der Waals surface area contributed by atoms with Crippen molar-refractivity contribution in [2.75, 3.05) is 0 Å². The number of hydrogen-bond donors (Lipinski definition) is 0. The minimum atomic E-state index is 0.658. The van der Waals surface area contributed by atoms with E-state index in [1.807, 2.05) is 42.5 Å². The van der Waals surface area contributed by atoms with Crippen molar-refractivity contribution < 1.29 is 4.42 Å². The molecule has 3 heteroatoms. The normalized spacial score (nSPS) is 11.5. The Morgan fingerprint density at radius 1 is 0.708 bits per heavy atom. The van der Waals surface area contributed by atoms with E-state index in [2.05, 4.69) is 46.3 Å². The zero-order chi connectivity index (χ0) is 16.1. The zero-order valence-corrected chi connectivity index (χ0v) is 14.2. The molecule has 0 bridgehead atoms. The highest BCUT2D eigenvalue weighted by molar-refractivity contribution is 9.10. The standard InChI is InChI=1S/C21H12BrNO/c22-14-10-11-16-18(12-14)15-8-4-5-9-17(15)20-19(16)23-21(24-20)13-6-2-1-3-7-13/h1-12H. The highest BCUT2D eigenvalue weighted by Gasteiger charge is 2.15. The minimum absolute atomic E-state index is 0.658. The predicted octanol–water partition coefficient (Wildman–Crippen LogP) is 6.56. The number of halogens is 1. The summed E-state index contributed by atoms with van der Waals surface area (Å²) in [5.74, 6) is 0.658. The van der Waals surface area contributed by atoms with E-state index in [1.165, 1.54) is 10.8 Å². The van der Waals surface area contributed by atoms with Crippen molar-refractivity contribution in [1.82, 2.24) is 4.98 Å². The van der Waals surface area contributed by atoms with Gasteiger partial charge in [-0.15, -0.1) is 0 Å². The fraction of sp³-hybridized carbons (Fsp3) is 0. The average molecular weight is 374 g/mol. The van der Waals surface area contributed by atoms with Crippen LogP contribution in [-0.4, -0.2) is 4.98 Å². The molecule has 0 amide bonds. The molecule has 0 aliphatic carbocycles. The second-order valence-corrected chi connectivity index (χ2v) is 6.71. The van der Waals surface area contributed by atoms with Crippen LogP contribution in [0.25, 0.3) is 44.1 Å². The second kappa shape index (κ2) is 5.18. The fourth-order valence-electron chi connectivity index (χ4n) is 3.25. The first kappa shape index (κ1) is 13.8. The summed E-state index contributed by atoms with van der Waals surface area (Å²) in [6, 6.07) is 24.7. The van der Waals surface area contributed by atoms with Crippen molar-refractivity contribution in [3.63, 3.8) is 0 Å². The van der Waals surface area contributed by atoms with Gasteiger partial charge in [-0.2, -0.15) is 0 Å². The Morgan fingerprint density at radius 3 is 2.29 bits per heavy atom. The van der Waals surface area contributed by atoms with Gasteiger partial charge >= 0.3 is 0 Å². The van der Waals surface area contributed by atoms with Crippen LogP contribution >= 0.6 is 15.9 Å². The van der Waals surface area contributed by atoms with E-state index in [1.54, 1.807) is 0 Å². The number of fused-ring (bicyclic) bond motifs is 6. The molecule has 0 aliphatic heterocycles. The van der Waals surface area contributed by atoms with Gasteiger partial charge < -0.3 is 4.42 Å². The maximum absolute atomic E-state index is 6.18. The van der Waals surface area contributed by atoms with Gasteiger partial charge in [-0.1, -0.05) is 64.5 Å². The topological polar surface area (TPSA) is 26.0 Å². The van der Waals surface area contributed by atoms with Crippen LogP contribution in [0.1, 0.15) is 0 Å². The lowest BCUT2D eigenvalue weighted by Gasteiger charge is -2.05. The van der Waals surface area contributed by atoms with Crippen molar-refractivity contribution in [1.29, 1.82) is 0 Å². The van der Waals surface area contributed by atoms with Gasteiger partial charge in [-0.3, -0.25) is 0 Å². The van der Waals surface area contributed by atoms with E-state index in [4.69, 9.17) is 9.40 Å². The summed E-state index contributed by atoms with van der Waals surface area (Å²) >= 11 is 3.58. The molecule has 0 aliphatic rings. The predicted molar refractivity (Wildman–Crippen MR) is 102 cm³/mol. The Balaban J connectivity index is 1.98. The smallest absolute Gasteiger partial charge is 0.227 e. The van der Waals surface area contributed by atoms with E-state index >= 15 is 0 Å². The third-order valence-corrected chi connectivity index (χ3v) is 4.84. The molecule has 4 aromatic carbocycles. The Labute approximate surface area is 146 Å². The van der Waals surface area contributed by atoms with Crippen LogP contribution in [-0.2, 0) is 0 Å². The molecule has 0 N–H and O–H groups in total. The minimum Gasteiger partial charge on any atom is -0.435 e. The third kappa shape index (κ3) is 1.98. The van der Waals surface area contributed by atoms with Crippen LogP contribution in [0.4, 0.5) is 0 Å². The van der Waals surface area contributed by atoms with Gasteiger partial charge in [-0.25, -0.2) is 4.98 Å². The molecule has 0 saturated heterocycles. The third-order valence-electron chi connectivity index (χ3n) is 4.35. The molecule has 0 atom stereocenters. The van der Waals surface area contributed by atoms with E-state index in [-0.39, 0.29) is 0 Å². The molecule has 0 fully saturated rings. The molecule has 114 valence electrons. The largest absolute Gasteiger partial charge is 0.435 e. The van der Waals surface area contributed by atoms with Crippen LogP contribution in [0.5, 0.6) is 0 Å². The van der Waals surface area contributed by atoms with Crippen LogP contribution in [0.15, 0.2) is 81.7 Å². The van der Waals surface area contributed by atoms with Crippen LogP contribution in [0.3, 0.4) is 0 Å². The fourth-order valence-corrected chi connectivity index (χ4v) is 3.61. The average Bonchev–Trinajstić information content (AvgIpc) is 3.08. The molecule has 24 heavy (non-hydrogen) atoms. The molecular formula is C21H12BrNO. The van der Waals surface area contributed by atoms with Gasteiger partial charge in [0, 0.05) is 20.8 Å². The molecule has 1 aromatic heterocycles. The number of nitrogens with zero attached hydrogens (tertiary/aromatic N) is 1. The molecule has 2 nitrogen and oxygen atoms in total. The number of aromatic nitrogens is 1. The maximum atomic E-state index is 6.18. The summed E-state index contributed by atoms with van der Waals surface area (Å²) in [4.78, 5) is 4.81. The quantitative estimate of drug-likeness (QED) is 0.311. The summed E-state index contributed by atoms with van der Waals surface area (Å²) in [6.07, 6.45) is 0. The Morgan fingerprint density at radius 2 is 1.46 bits per heavy atom. The Hall–Kier alpha value is -2.65. The number of oxazole rings is 1. The van der Waals surface area contributed by atoms with Crippen molar-refractivity contribution in [2.45, 2.75) is 0 Å². The highest BCUT2D eigenvalue weighted by atomic mass is 79.9. The van der Waals surface area contributed by atoms with Crippen LogP contribution in [0, 0.1) is 0 Å². The molecular weight excluding hydrogens is 362 g/mol. The summed E-state index contributed by atoms with van der Waals surface area (Å²) in [5.41, 5.74) is 2.75. The molecule has 5 rings (SSSR count). The first-order valence-electron chi connectivity index (χ1n) is 7.77. The lowest BCUT2D eigenvalue weighted by atomic mass is 10.0. The van der Waals surface area contributed by atoms with Crippen LogP contribution in [0.2, 0.25) is 0 Å². The molecule has 0 saturated carbocycles. The van der Waals surface area contributed by atoms with Crippen molar-refractivity contribution in [3.8, 4) is 11.5 Å². The SMILES string of the molecule is Brc1ccc2c(c1)c1ccccc1c1oc(-c3ccccc3)nc21. The van der Waals surface area contributed by atoms with E-state index in [0.717, 1.165) is 31.9 Å².